The van der Waals surface area contributed by atoms with Gasteiger partial charge in [0.2, 0.25) is 0 Å². The minimum Gasteiger partial charge on any atom is -0.303 e. The van der Waals surface area contributed by atoms with Gasteiger partial charge in [-0.3, -0.25) is 4.79 Å². The largest absolute Gasteiger partial charge is 0.303 e. The van der Waals surface area contributed by atoms with Gasteiger partial charge in [0.05, 0.1) is 0 Å². The van der Waals surface area contributed by atoms with Crippen molar-refractivity contribution in [1.29, 1.82) is 0 Å². The standard InChI is InChI=1S/C18H29NO/c1-15(2)13-19(14-16(3)4)12-8-11-18(20)17-9-6-5-7-10-17/h5-7,9-10,15-16H,8,11-14H2,1-4H3. The molecule has 1 rings (SSSR count). The molecule has 1 aromatic carbocycles. The summed E-state index contributed by atoms with van der Waals surface area (Å²) in [5, 5.41) is 0. The van der Waals surface area contributed by atoms with Crippen molar-refractivity contribution in [3.8, 4) is 0 Å². The zero-order valence-corrected chi connectivity index (χ0v) is 13.4. The molecule has 0 bridgehead atoms. The predicted molar refractivity (Wildman–Crippen MR) is 86.1 cm³/mol. The van der Waals surface area contributed by atoms with Crippen LogP contribution in [0.2, 0.25) is 0 Å². The third-order valence-electron chi connectivity index (χ3n) is 3.22. The molecule has 2 heteroatoms. The Morgan fingerprint density at radius 3 is 2.05 bits per heavy atom. The normalized spacial score (nSPS) is 11.6. The molecule has 0 spiro atoms. The molecule has 0 aliphatic rings. The number of nitrogens with zero attached hydrogens (tertiary/aromatic N) is 1. The van der Waals surface area contributed by atoms with Crippen LogP contribution >= 0.6 is 0 Å². The molecular weight excluding hydrogens is 246 g/mol. The van der Waals surface area contributed by atoms with Crippen molar-refractivity contribution in [2.45, 2.75) is 40.5 Å². The van der Waals surface area contributed by atoms with Crippen LogP contribution in [-0.4, -0.2) is 30.3 Å². The van der Waals surface area contributed by atoms with Crippen LogP contribution in [0.1, 0.15) is 50.9 Å². The first-order valence-corrected chi connectivity index (χ1v) is 7.79. The average Bonchev–Trinajstić information content (AvgIpc) is 2.38. The topological polar surface area (TPSA) is 20.3 Å². The van der Waals surface area contributed by atoms with E-state index in [1.54, 1.807) is 0 Å². The van der Waals surface area contributed by atoms with E-state index in [1.807, 2.05) is 30.3 Å². The van der Waals surface area contributed by atoms with Gasteiger partial charge in [-0.05, 0) is 24.8 Å². The van der Waals surface area contributed by atoms with Crippen molar-refractivity contribution in [3.63, 3.8) is 0 Å². The monoisotopic (exact) mass is 275 g/mol. The van der Waals surface area contributed by atoms with Gasteiger partial charge >= 0.3 is 0 Å². The number of hydrogen-bond acceptors (Lipinski definition) is 2. The molecule has 20 heavy (non-hydrogen) atoms. The van der Waals surface area contributed by atoms with Crippen molar-refractivity contribution < 1.29 is 4.79 Å². The fourth-order valence-corrected chi connectivity index (χ4v) is 2.52. The minimum atomic E-state index is 0.264. The fraction of sp³-hybridized carbons (Fsp3) is 0.611. The molecule has 0 saturated heterocycles. The SMILES string of the molecule is CC(C)CN(CCCC(=O)c1ccccc1)CC(C)C. The average molecular weight is 275 g/mol. The van der Waals surface area contributed by atoms with Gasteiger partial charge in [-0.1, -0.05) is 58.0 Å². The van der Waals surface area contributed by atoms with Crippen molar-refractivity contribution in [2.24, 2.45) is 11.8 Å². The number of carbonyl (C=O) groups is 1. The summed E-state index contributed by atoms with van der Waals surface area (Å²) >= 11 is 0. The van der Waals surface area contributed by atoms with E-state index in [1.165, 1.54) is 0 Å². The van der Waals surface area contributed by atoms with Crippen LogP contribution in [0.5, 0.6) is 0 Å². The summed E-state index contributed by atoms with van der Waals surface area (Å²) < 4.78 is 0. The van der Waals surface area contributed by atoms with Crippen LogP contribution in [0.15, 0.2) is 30.3 Å². The van der Waals surface area contributed by atoms with E-state index < -0.39 is 0 Å². The molecule has 0 fully saturated rings. The molecule has 112 valence electrons. The summed E-state index contributed by atoms with van der Waals surface area (Å²) in [5.74, 6) is 1.62. The number of Topliss-reactive ketones (excluding diaryl/α,β-unsaturated/α-hetero) is 1. The van der Waals surface area contributed by atoms with Gasteiger partial charge in [0.25, 0.3) is 0 Å². The molecule has 0 aliphatic heterocycles. The quantitative estimate of drug-likeness (QED) is 0.627. The molecule has 2 nitrogen and oxygen atoms in total. The van der Waals surface area contributed by atoms with Crippen molar-refractivity contribution in [1.82, 2.24) is 4.90 Å². The summed E-state index contributed by atoms with van der Waals surface area (Å²) in [6.45, 7) is 12.3. The second-order valence-electron chi connectivity index (χ2n) is 6.44. The number of rotatable bonds is 9. The Kier molecular flexibility index (Phi) is 7.53. The molecule has 0 heterocycles. The van der Waals surface area contributed by atoms with Gasteiger partial charge in [-0.2, -0.15) is 0 Å². The second kappa shape index (κ2) is 8.91. The lowest BCUT2D eigenvalue weighted by Crippen LogP contribution is -2.32. The molecule has 0 amide bonds. The smallest absolute Gasteiger partial charge is 0.162 e. The Hall–Kier alpha value is -1.15. The predicted octanol–water partition coefficient (Wildman–Crippen LogP) is 4.26. The van der Waals surface area contributed by atoms with Crippen molar-refractivity contribution in [2.75, 3.05) is 19.6 Å². The van der Waals surface area contributed by atoms with E-state index in [-0.39, 0.29) is 5.78 Å². The summed E-state index contributed by atoms with van der Waals surface area (Å²) in [6.07, 6.45) is 1.60. The number of hydrogen-bond donors (Lipinski definition) is 0. The molecular formula is C18H29NO. The fourth-order valence-electron chi connectivity index (χ4n) is 2.52. The molecule has 0 saturated carbocycles. The number of benzene rings is 1. The molecule has 0 aromatic heterocycles. The van der Waals surface area contributed by atoms with Gasteiger partial charge in [0.1, 0.15) is 0 Å². The van der Waals surface area contributed by atoms with E-state index >= 15 is 0 Å². The lowest BCUT2D eigenvalue weighted by molar-refractivity contribution is 0.0973. The molecule has 1 aromatic rings. The second-order valence-corrected chi connectivity index (χ2v) is 6.44. The van der Waals surface area contributed by atoms with E-state index in [4.69, 9.17) is 0 Å². The van der Waals surface area contributed by atoms with E-state index in [0.717, 1.165) is 31.6 Å². The van der Waals surface area contributed by atoms with Gasteiger partial charge in [-0.25, -0.2) is 0 Å². The molecule has 0 unspecified atom stereocenters. The van der Waals surface area contributed by atoms with Crippen LogP contribution in [0.3, 0.4) is 0 Å². The van der Waals surface area contributed by atoms with Crippen molar-refractivity contribution >= 4 is 5.78 Å². The van der Waals surface area contributed by atoms with Crippen LogP contribution in [0.25, 0.3) is 0 Å². The summed E-state index contributed by atoms with van der Waals surface area (Å²) in [4.78, 5) is 14.5. The lowest BCUT2D eigenvalue weighted by Gasteiger charge is -2.25. The van der Waals surface area contributed by atoms with E-state index in [2.05, 4.69) is 32.6 Å². The van der Waals surface area contributed by atoms with Gasteiger partial charge in [0, 0.05) is 25.1 Å². The van der Waals surface area contributed by atoms with E-state index in [0.29, 0.717) is 18.3 Å². The van der Waals surface area contributed by atoms with Crippen LogP contribution in [0, 0.1) is 11.8 Å². The highest BCUT2D eigenvalue weighted by Crippen LogP contribution is 2.09. The van der Waals surface area contributed by atoms with Gasteiger partial charge in [0.15, 0.2) is 5.78 Å². The van der Waals surface area contributed by atoms with Crippen LogP contribution in [-0.2, 0) is 0 Å². The minimum absolute atomic E-state index is 0.264. The third-order valence-corrected chi connectivity index (χ3v) is 3.22. The summed E-state index contributed by atoms with van der Waals surface area (Å²) in [5.41, 5.74) is 0.840. The van der Waals surface area contributed by atoms with Crippen molar-refractivity contribution in [3.05, 3.63) is 35.9 Å². The Morgan fingerprint density at radius 2 is 1.55 bits per heavy atom. The maximum atomic E-state index is 12.1. The third kappa shape index (κ3) is 6.85. The molecule has 0 atom stereocenters. The lowest BCUT2D eigenvalue weighted by atomic mass is 10.1. The molecule has 0 aliphatic carbocycles. The van der Waals surface area contributed by atoms with Crippen LogP contribution < -0.4 is 0 Å². The molecule has 0 radical (unpaired) electrons. The number of carbonyl (C=O) groups excluding carboxylic acids is 1. The Balaban J connectivity index is 2.38. The Morgan fingerprint density at radius 1 is 1.00 bits per heavy atom. The maximum absolute atomic E-state index is 12.1. The first kappa shape index (κ1) is 16.9. The summed E-state index contributed by atoms with van der Waals surface area (Å²) in [6, 6.07) is 9.61. The highest BCUT2D eigenvalue weighted by atomic mass is 16.1. The highest BCUT2D eigenvalue weighted by Gasteiger charge is 2.11. The Labute approximate surface area is 124 Å². The maximum Gasteiger partial charge on any atom is 0.162 e. The first-order valence-electron chi connectivity index (χ1n) is 7.79. The van der Waals surface area contributed by atoms with E-state index in [9.17, 15) is 4.79 Å². The zero-order chi connectivity index (χ0) is 15.0. The molecule has 0 N–H and O–H groups in total. The van der Waals surface area contributed by atoms with Gasteiger partial charge in [-0.15, -0.1) is 0 Å². The zero-order valence-electron chi connectivity index (χ0n) is 13.4. The summed E-state index contributed by atoms with van der Waals surface area (Å²) in [7, 11) is 0. The van der Waals surface area contributed by atoms with Crippen LogP contribution in [0.4, 0.5) is 0 Å². The highest BCUT2D eigenvalue weighted by molar-refractivity contribution is 5.95. The number of ketones is 1. The Bertz CT molecular complexity index is 374. The first-order chi connectivity index (χ1) is 9.49. The van der Waals surface area contributed by atoms with Gasteiger partial charge < -0.3 is 4.90 Å².